The molecule has 1 saturated carbocycles. The highest BCUT2D eigenvalue weighted by Gasteiger charge is 2.54. The molecule has 10 heteroatoms. The summed E-state index contributed by atoms with van der Waals surface area (Å²) in [5.41, 5.74) is 1.36. The quantitative estimate of drug-likeness (QED) is 0.702. The number of carbonyl (C=O) groups is 2. The van der Waals surface area contributed by atoms with Crippen LogP contribution < -0.4 is 10.8 Å². The number of ether oxygens (including phenoxy) is 1. The highest BCUT2D eigenvalue weighted by Crippen LogP contribution is 2.53. The molecule has 4 fully saturated rings. The Morgan fingerprint density at radius 3 is 2.77 bits per heavy atom. The molecule has 4 heterocycles. The zero-order valence-electron chi connectivity index (χ0n) is 20.3. The Kier molecular flexibility index (Phi) is 5.97. The summed E-state index contributed by atoms with van der Waals surface area (Å²) >= 11 is 0. The highest BCUT2D eigenvalue weighted by molar-refractivity contribution is 5.79. The van der Waals surface area contributed by atoms with Crippen molar-refractivity contribution < 1.29 is 24.5 Å². The first-order chi connectivity index (χ1) is 16.5. The molecular formula is C25H35F2N5O3. The van der Waals surface area contributed by atoms with Crippen LogP contribution in [0, 0.1) is 11.3 Å². The molecule has 1 spiro atoms. The van der Waals surface area contributed by atoms with Gasteiger partial charge in [0.05, 0.1) is 12.1 Å². The summed E-state index contributed by atoms with van der Waals surface area (Å²) in [6.07, 6.45) is 5.78. The van der Waals surface area contributed by atoms with Crippen LogP contribution in [0.2, 0.25) is 0 Å². The summed E-state index contributed by atoms with van der Waals surface area (Å²) in [6, 6.07) is 3.64. The number of fused-ring (bicyclic) bond motifs is 1. The molecule has 1 N–H and O–H groups in total. The van der Waals surface area contributed by atoms with E-state index in [1.807, 2.05) is 22.1 Å². The maximum absolute atomic E-state index is 13.4. The minimum Gasteiger partial charge on any atom is -0.366 e. The Labute approximate surface area is 205 Å². The molecule has 3 amide bonds. The number of carbonyl (C=O) groups excluding carboxylic acids is 2. The second-order valence-corrected chi connectivity index (χ2v) is 10.8. The van der Waals surface area contributed by atoms with Crippen LogP contribution in [0.3, 0.4) is 0 Å². The highest BCUT2D eigenvalue weighted by atomic mass is 19.3. The van der Waals surface area contributed by atoms with Crippen LogP contribution in [0.25, 0.3) is 0 Å². The van der Waals surface area contributed by atoms with Gasteiger partial charge in [0.2, 0.25) is 5.91 Å². The maximum Gasteiger partial charge on any atom is 0.320 e. The fourth-order valence-corrected chi connectivity index (χ4v) is 6.00. The van der Waals surface area contributed by atoms with Gasteiger partial charge in [-0.05, 0) is 43.2 Å². The summed E-state index contributed by atoms with van der Waals surface area (Å²) < 4.78 is 34.1. The number of hydrogen-bond donors (Lipinski definition) is 1. The minimum atomic E-state index is -3.04. The number of likely N-dealkylation sites (tertiary alicyclic amines) is 2. The van der Waals surface area contributed by atoms with Gasteiger partial charge >= 0.3 is 6.03 Å². The number of urea groups is 1. The van der Waals surface area contributed by atoms with E-state index in [4.69, 9.17) is 4.74 Å². The van der Waals surface area contributed by atoms with Crippen molar-refractivity contribution in [3.05, 3.63) is 41.7 Å². The van der Waals surface area contributed by atoms with Crippen LogP contribution >= 0.6 is 0 Å². The van der Waals surface area contributed by atoms with Gasteiger partial charge < -0.3 is 24.4 Å². The van der Waals surface area contributed by atoms with E-state index < -0.39 is 11.6 Å². The number of alkyl halides is 2. The predicted octanol–water partition coefficient (Wildman–Crippen LogP) is 2.30. The first kappa shape index (κ1) is 24.0. The third kappa shape index (κ3) is 4.85. The molecule has 0 bridgehead atoms. The third-order valence-electron chi connectivity index (χ3n) is 7.81. The van der Waals surface area contributed by atoms with Crippen molar-refractivity contribution in [2.45, 2.75) is 50.7 Å². The molecule has 192 valence electrons. The zero-order chi connectivity index (χ0) is 25.0. The van der Waals surface area contributed by atoms with E-state index in [1.165, 1.54) is 0 Å². The molecule has 0 aromatic carbocycles. The fraction of sp³-hybridized carbons (Fsp3) is 0.640. The number of hydrogen-bond acceptors (Lipinski definition) is 4. The van der Waals surface area contributed by atoms with Crippen molar-refractivity contribution in [1.82, 2.24) is 19.7 Å². The molecule has 3 saturated heterocycles. The molecule has 0 unspecified atom stereocenters. The SMILES string of the molecule is C=C(N=c1ccc(CC2CC3(C2)CN(C(=O)N2CC[C@@H]4OCC(=O)N[C@@H]4C2)C3)cn1C)C(C)(F)F.[HH]. The number of aromatic nitrogens is 1. The summed E-state index contributed by atoms with van der Waals surface area (Å²) in [6.45, 7) is 7.01. The van der Waals surface area contributed by atoms with Crippen LogP contribution in [0.15, 0.2) is 35.6 Å². The van der Waals surface area contributed by atoms with Crippen LogP contribution in [0.1, 0.15) is 33.2 Å². The average Bonchev–Trinajstić information content (AvgIpc) is 2.74. The predicted molar refractivity (Wildman–Crippen MR) is 127 cm³/mol. The number of rotatable bonds is 4. The van der Waals surface area contributed by atoms with E-state index >= 15 is 0 Å². The topological polar surface area (TPSA) is 79.2 Å². The van der Waals surface area contributed by atoms with Crippen molar-refractivity contribution >= 4 is 11.9 Å². The van der Waals surface area contributed by atoms with E-state index in [9.17, 15) is 18.4 Å². The first-order valence-corrected chi connectivity index (χ1v) is 12.2. The number of nitrogens with one attached hydrogen (secondary N) is 1. The Hall–Kier alpha value is -2.75. The van der Waals surface area contributed by atoms with Gasteiger partial charge in [-0.1, -0.05) is 12.6 Å². The standard InChI is InChI=1S/C25H33F2N5O3.H2/c1-16(24(2,26)27)28-21-5-4-17(11-30(21)3)8-18-9-25(10-18)14-32(15-25)23(34)31-7-6-20-19(12-31)29-22(33)13-35-20;/h4-5,11,18-20H,1,6-10,12-15H2,2-3H3,(H,29,33);1H/t19-,20+;/m1./s1. The van der Waals surface area contributed by atoms with Crippen molar-refractivity contribution in [3.63, 3.8) is 0 Å². The van der Waals surface area contributed by atoms with E-state index in [2.05, 4.69) is 16.9 Å². The van der Waals surface area contributed by atoms with Crippen LogP contribution in [-0.4, -0.2) is 77.2 Å². The Morgan fingerprint density at radius 2 is 2.09 bits per heavy atom. The molecule has 2 atom stereocenters. The van der Waals surface area contributed by atoms with Gasteiger partial charge in [-0.25, -0.2) is 9.79 Å². The monoisotopic (exact) mass is 491 g/mol. The molecule has 8 nitrogen and oxygen atoms in total. The molecule has 3 aliphatic heterocycles. The lowest BCUT2D eigenvalue weighted by Gasteiger charge is -2.60. The summed E-state index contributed by atoms with van der Waals surface area (Å²) in [7, 11) is 1.80. The lowest BCUT2D eigenvalue weighted by Crippen LogP contribution is -2.68. The van der Waals surface area contributed by atoms with E-state index in [0.29, 0.717) is 24.5 Å². The molecule has 4 aliphatic rings. The fourth-order valence-electron chi connectivity index (χ4n) is 6.00. The van der Waals surface area contributed by atoms with E-state index in [-0.39, 0.29) is 37.5 Å². The van der Waals surface area contributed by atoms with Crippen LogP contribution in [0.4, 0.5) is 13.6 Å². The number of piperidine rings is 1. The number of halogens is 2. The van der Waals surface area contributed by atoms with Crippen molar-refractivity contribution in [3.8, 4) is 0 Å². The molecule has 1 aromatic heterocycles. The lowest BCUT2D eigenvalue weighted by atomic mass is 9.56. The number of allylic oxidation sites excluding steroid dienone is 1. The van der Waals surface area contributed by atoms with Gasteiger partial charge in [0.15, 0.2) is 0 Å². The van der Waals surface area contributed by atoms with E-state index in [1.54, 1.807) is 17.7 Å². The number of amides is 3. The Balaban J connectivity index is 0.00000304. The third-order valence-corrected chi connectivity index (χ3v) is 7.81. The first-order valence-electron chi connectivity index (χ1n) is 12.2. The molecule has 1 aromatic rings. The number of morpholine rings is 1. The number of nitrogens with zero attached hydrogens (tertiary/aromatic N) is 4. The van der Waals surface area contributed by atoms with Crippen LogP contribution in [0.5, 0.6) is 0 Å². The number of aryl methyl sites for hydroxylation is 1. The van der Waals surface area contributed by atoms with Crippen LogP contribution in [-0.2, 0) is 23.0 Å². The Bertz CT molecular complexity index is 1100. The zero-order valence-corrected chi connectivity index (χ0v) is 20.3. The van der Waals surface area contributed by atoms with Gasteiger partial charge in [-0.15, -0.1) is 0 Å². The average molecular weight is 492 g/mol. The van der Waals surface area contributed by atoms with Crippen molar-refractivity contribution in [1.29, 1.82) is 0 Å². The summed E-state index contributed by atoms with van der Waals surface area (Å²) in [4.78, 5) is 32.3. The summed E-state index contributed by atoms with van der Waals surface area (Å²) in [5, 5.41) is 2.95. The number of pyridine rings is 1. The largest absolute Gasteiger partial charge is 0.366 e. The van der Waals surface area contributed by atoms with Gasteiger partial charge in [0, 0.05) is 53.2 Å². The smallest absolute Gasteiger partial charge is 0.320 e. The van der Waals surface area contributed by atoms with Gasteiger partial charge in [-0.2, -0.15) is 8.78 Å². The molecule has 5 rings (SSSR count). The molecular weight excluding hydrogens is 456 g/mol. The normalized spacial score (nSPS) is 26.6. The molecule has 35 heavy (non-hydrogen) atoms. The second kappa shape index (κ2) is 8.72. The molecule has 1 aliphatic carbocycles. The maximum atomic E-state index is 13.4. The second-order valence-electron chi connectivity index (χ2n) is 10.8. The molecule has 0 radical (unpaired) electrons. The van der Waals surface area contributed by atoms with E-state index in [0.717, 1.165) is 51.3 Å². The van der Waals surface area contributed by atoms with Crippen molar-refractivity contribution in [2.75, 3.05) is 32.8 Å². The Morgan fingerprint density at radius 1 is 1.34 bits per heavy atom. The van der Waals surface area contributed by atoms with Gasteiger partial charge in [0.25, 0.3) is 5.92 Å². The summed E-state index contributed by atoms with van der Waals surface area (Å²) in [5.74, 6) is -2.61. The van der Waals surface area contributed by atoms with Gasteiger partial charge in [-0.3, -0.25) is 4.79 Å². The lowest BCUT2D eigenvalue weighted by molar-refractivity contribution is -0.140. The van der Waals surface area contributed by atoms with Crippen molar-refractivity contribution in [2.24, 2.45) is 23.4 Å². The van der Waals surface area contributed by atoms with Gasteiger partial charge in [0.1, 0.15) is 17.8 Å². The minimum absolute atomic E-state index is 0.